The number of aromatic amines is 1. The molecule has 7 nitrogen and oxygen atoms in total. The summed E-state index contributed by atoms with van der Waals surface area (Å²) in [4.78, 5) is 30.2. The predicted molar refractivity (Wildman–Crippen MR) is 87.6 cm³/mol. The zero-order valence-electron chi connectivity index (χ0n) is 12.5. The van der Waals surface area contributed by atoms with Gasteiger partial charge >= 0.3 is 0 Å². The number of aryl methyl sites for hydroxylation is 1. The summed E-state index contributed by atoms with van der Waals surface area (Å²) in [5.74, 6) is 0.219. The molecule has 0 aliphatic heterocycles. The van der Waals surface area contributed by atoms with Crippen molar-refractivity contribution in [2.24, 2.45) is 0 Å². The van der Waals surface area contributed by atoms with E-state index < -0.39 is 0 Å². The highest BCUT2D eigenvalue weighted by atomic mass is 32.2. The van der Waals surface area contributed by atoms with E-state index in [2.05, 4.69) is 25.5 Å². The number of H-pyrrole nitrogens is 1. The van der Waals surface area contributed by atoms with Crippen LogP contribution in [0, 0.1) is 0 Å². The topological polar surface area (TPSA) is 101 Å². The molecule has 0 unspecified atom stereocenters. The SMILES string of the molecule is CCc1cc(=O)[nH]c(SCC(=O)Nc2nnc(C(C)C)s2)n1. The lowest BCUT2D eigenvalue weighted by Gasteiger charge is -2.02. The average Bonchev–Trinajstić information content (AvgIpc) is 2.93. The van der Waals surface area contributed by atoms with Crippen LogP contribution in [0.3, 0.4) is 0 Å². The Kier molecular flexibility index (Phi) is 5.67. The zero-order valence-corrected chi connectivity index (χ0v) is 14.2. The highest BCUT2D eigenvalue weighted by molar-refractivity contribution is 7.99. The molecule has 0 fully saturated rings. The number of nitrogens with zero attached hydrogens (tertiary/aromatic N) is 3. The second-order valence-corrected chi connectivity index (χ2v) is 6.81. The van der Waals surface area contributed by atoms with Gasteiger partial charge in [0.1, 0.15) is 5.01 Å². The van der Waals surface area contributed by atoms with E-state index in [-0.39, 0.29) is 23.1 Å². The normalized spacial score (nSPS) is 10.9. The van der Waals surface area contributed by atoms with Crippen LogP contribution in [-0.4, -0.2) is 31.8 Å². The van der Waals surface area contributed by atoms with Crippen molar-refractivity contribution in [1.82, 2.24) is 20.2 Å². The lowest BCUT2D eigenvalue weighted by atomic mass is 10.2. The number of hydrogen-bond acceptors (Lipinski definition) is 7. The Bertz CT molecular complexity index is 710. The Balaban J connectivity index is 1.92. The van der Waals surface area contributed by atoms with Crippen LogP contribution in [0.25, 0.3) is 0 Å². The average molecular weight is 339 g/mol. The van der Waals surface area contributed by atoms with Gasteiger partial charge in [-0.1, -0.05) is 43.9 Å². The van der Waals surface area contributed by atoms with Gasteiger partial charge in [0.05, 0.1) is 5.75 Å². The number of amides is 1. The summed E-state index contributed by atoms with van der Waals surface area (Å²) in [7, 11) is 0. The molecule has 2 aromatic heterocycles. The van der Waals surface area contributed by atoms with E-state index in [4.69, 9.17) is 0 Å². The molecule has 1 amide bonds. The Labute approximate surface area is 136 Å². The molecular formula is C13H17N5O2S2. The highest BCUT2D eigenvalue weighted by Crippen LogP contribution is 2.22. The fourth-order valence-electron chi connectivity index (χ4n) is 1.54. The number of thioether (sulfide) groups is 1. The van der Waals surface area contributed by atoms with Crippen LogP contribution in [0.2, 0.25) is 0 Å². The van der Waals surface area contributed by atoms with Crippen LogP contribution in [0.4, 0.5) is 5.13 Å². The third-order valence-electron chi connectivity index (χ3n) is 2.66. The Morgan fingerprint density at radius 2 is 2.23 bits per heavy atom. The summed E-state index contributed by atoms with van der Waals surface area (Å²) >= 11 is 2.54. The van der Waals surface area contributed by atoms with Crippen molar-refractivity contribution in [2.45, 2.75) is 38.3 Å². The van der Waals surface area contributed by atoms with Gasteiger partial charge in [0, 0.05) is 17.7 Å². The van der Waals surface area contributed by atoms with Gasteiger partial charge in [-0.15, -0.1) is 10.2 Å². The molecule has 0 atom stereocenters. The van der Waals surface area contributed by atoms with Crippen LogP contribution in [0.1, 0.15) is 37.4 Å². The van der Waals surface area contributed by atoms with Gasteiger partial charge in [0.15, 0.2) is 5.16 Å². The summed E-state index contributed by atoms with van der Waals surface area (Å²) in [6, 6.07) is 1.46. The van der Waals surface area contributed by atoms with Gasteiger partial charge < -0.3 is 4.98 Å². The lowest BCUT2D eigenvalue weighted by molar-refractivity contribution is -0.113. The zero-order chi connectivity index (χ0) is 16.1. The first-order chi connectivity index (χ1) is 10.5. The first kappa shape index (κ1) is 16.6. The highest BCUT2D eigenvalue weighted by Gasteiger charge is 2.11. The molecule has 118 valence electrons. The van der Waals surface area contributed by atoms with Gasteiger partial charge in [-0.05, 0) is 6.42 Å². The van der Waals surface area contributed by atoms with Crippen LogP contribution in [-0.2, 0) is 11.2 Å². The van der Waals surface area contributed by atoms with Crippen LogP contribution in [0.15, 0.2) is 16.0 Å². The number of rotatable bonds is 6. The third-order valence-corrected chi connectivity index (χ3v) is 4.67. The van der Waals surface area contributed by atoms with Crippen molar-refractivity contribution in [1.29, 1.82) is 0 Å². The smallest absolute Gasteiger partial charge is 0.251 e. The van der Waals surface area contributed by atoms with E-state index in [0.29, 0.717) is 22.4 Å². The van der Waals surface area contributed by atoms with E-state index in [1.54, 1.807) is 0 Å². The Morgan fingerprint density at radius 1 is 1.45 bits per heavy atom. The molecule has 0 radical (unpaired) electrons. The number of nitrogens with one attached hydrogen (secondary N) is 2. The van der Waals surface area contributed by atoms with Gasteiger partial charge in [0.25, 0.3) is 5.56 Å². The molecule has 2 rings (SSSR count). The number of anilines is 1. The number of carbonyl (C=O) groups excluding carboxylic acids is 1. The number of aromatic nitrogens is 4. The molecule has 0 saturated carbocycles. The molecule has 0 saturated heterocycles. The van der Waals surface area contributed by atoms with Crippen molar-refractivity contribution in [3.8, 4) is 0 Å². The summed E-state index contributed by atoms with van der Waals surface area (Å²) in [6.45, 7) is 5.96. The van der Waals surface area contributed by atoms with E-state index in [0.717, 1.165) is 5.01 Å². The summed E-state index contributed by atoms with van der Waals surface area (Å²) in [6.07, 6.45) is 0.673. The maximum atomic E-state index is 11.9. The van der Waals surface area contributed by atoms with E-state index in [1.165, 1.54) is 29.2 Å². The first-order valence-corrected chi connectivity index (χ1v) is 8.64. The minimum atomic E-state index is -0.208. The van der Waals surface area contributed by atoms with Crippen LogP contribution < -0.4 is 10.9 Å². The molecule has 0 aliphatic rings. The number of hydrogen-bond donors (Lipinski definition) is 2. The number of carbonyl (C=O) groups is 1. The van der Waals surface area contributed by atoms with E-state index in [9.17, 15) is 9.59 Å². The van der Waals surface area contributed by atoms with Gasteiger partial charge in [-0.25, -0.2) is 4.98 Å². The van der Waals surface area contributed by atoms with Crippen molar-refractivity contribution >= 4 is 34.1 Å². The van der Waals surface area contributed by atoms with Crippen molar-refractivity contribution < 1.29 is 4.79 Å². The molecule has 2 N–H and O–H groups in total. The standard InChI is InChI=1S/C13H17N5O2S2/c1-4-8-5-9(19)15-12(14-8)21-6-10(20)16-13-18-17-11(22-13)7(2)3/h5,7H,4,6H2,1-3H3,(H,14,15,19)(H,16,18,20). The van der Waals surface area contributed by atoms with Crippen molar-refractivity contribution in [2.75, 3.05) is 11.1 Å². The molecular weight excluding hydrogens is 322 g/mol. The summed E-state index contributed by atoms with van der Waals surface area (Å²) in [5.41, 5.74) is 0.498. The minimum Gasteiger partial charge on any atom is -0.301 e. The van der Waals surface area contributed by atoms with E-state index in [1.807, 2.05) is 20.8 Å². The van der Waals surface area contributed by atoms with Crippen molar-refractivity contribution in [3.63, 3.8) is 0 Å². The van der Waals surface area contributed by atoms with Crippen LogP contribution >= 0.6 is 23.1 Å². The van der Waals surface area contributed by atoms with Crippen molar-refractivity contribution in [3.05, 3.63) is 27.1 Å². The van der Waals surface area contributed by atoms with Gasteiger partial charge in [-0.3, -0.25) is 14.9 Å². The fraction of sp³-hybridized carbons (Fsp3) is 0.462. The molecule has 22 heavy (non-hydrogen) atoms. The quantitative estimate of drug-likeness (QED) is 0.617. The fourth-order valence-corrected chi connectivity index (χ4v) is 3.00. The molecule has 2 heterocycles. The Hall–Kier alpha value is -1.74. The third kappa shape index (κ3) is 4.63. The Morgan fingerprint density at radius 3 is 2.86 bits per heavy atom. The second kappa shape index (κ2) is 7.50. The van der Waals surface area contributed by atoms with Crippen LogP contribution in [0.5, 0.6) is 0 Å². The predicted octanol–water partition coefficient (Wildman–Crippen LogP) is 2.04. The minimum absolute atomic E-state index is 0.146. The molecule has 0 bridgehead atoms. The lowest BCUT2D eigenvalue weighted by Crippen LogP contribution is -2.15. The van der Waals surface area contributed by atoms with Gasteiger partial charge in [0.2, 0.25) is 11.0 Å². The summed E-state index contributed by atoms with van der Waals surface area (Å²) in [5, 5.41) is 12.4. The van der Waals surface area contributed by atoms with Gasteiger partial charge in [-0.2, -0.15) is 0 Å². The molecule has 2 aromatic rings. The monoisotopic (exact) mass is 339 g/mol. The summed E-state index contributed by atoms with van der Waals surface area (Å²) < 4.78 is 0. The molecule has 0 aromatic carbocycles. The molecule has 9 heteroatoms. The maximum Gasteiger partial charge on any atom is 0.251 e. The molecule has 0 spiro atoms. The second-order valence-electron chi connectivity index (χ2n) is 4.83. The largest absolute Gasteiger partial charge is 0.301 e. The molecule has 0 aliphatic carbocycles. The van der Waals surface area contributed by atoms with E-state index >= 15 is 0 Å². The maximum absolute atomic E-state index is 11.9. The first-order valence-electron chi connectivity index (χ1n) is 6.84.